The molecule has 0 fully saturated rings. The van der Waals surface area contributed by atoms with Crippen LogP contribution in [0.2, 0.25) is 0 Å². The van der Waals surface area contributed by atoms with Crippen LogP contribution < -0.4 is 5.32 Å². The SMILES string of the molecule is CN(C)Cc1ccnc(CC=C(O)CNC(=O)CSCc2ccoc2)c1. The van der Waals surface area contributed by atoms with E-state index in [0.29, 0.717) is 12.2 Å². The Kier molecular flexibility index (Phi) is 8.24. The molecule has 140 valence electrons. The fourth-order valence-corrected chi connectivity index (χ4v) is 3.06. The maximum atomic E-state index is 11.8. The molecular formula is C19H25N3O3S. The average Bonchev–Trinajstić information content (AvgIpc) is 3.11. The molecule has 0 saturated carbocycles. The molecule has 1 amide bonds. The first-order valence-electron chi connectivity index (χ1n) is 8.35. The van der Waals surface area contributed by atoms with Crippen molar-refractivity contribution in [2.45, 2.75) is 18.7 Å². The zero-order valence-electron chi connectivity index (χ0n) is 15.1. The smallest absolute Gasteiger partial charge is 0.230 e. The Morgan fingerprint density at radius 1 is 1.38 bits per heavy atom. The van der Waals surface area contributed by atoms with Crippen LogP contribution >= 0.6 is 11.8 Å². The molecule has 0 atom stereocenters. The third-order valence-electron chi connectivity index (χ3n) is 3.48. The first kappa shape index (κ1) is 20.1. The Hall–Kier alpha value is -2.25. The van der Waals surface area contributed by atoms with Gasteiger partial charge in [0.1, 0.15) is 5.76 Å². The number of thioether (sulfide) groups is 1. The van der Waals surface area contributed by atoms with E-state index in [1.54, 1.807) is 24.8 Å². The standard InChI is InChI=1S/C19H25N3O3S/c1-22(2)11-15-5-7-20-17(9-15)3-4-18(23)10-21-19(24)14-26-13-16-6-8-25-12-16/h4-9,12,23H,3,10-11,13-14H2,1-2H3,(H,21,24). The van der Waals surface area contributed by atoms with Crippen molar-refractivity contribution in [2.75, 3.05) is 26.4 Å². The van der Waals surface area contributed by atoms with Crippen LogP contribution in [0, 0.1) is 0 Å². The topological polar surface area (TPSA) is 78.6 Å². The third kappa shape index (κ3) is 7.76. The molecule has 0 unspecified atom stereocenters. The summed E-state index contributed by atoms with van der Waals surface area (Å²) in [4.78, 5) is 18.2. The lowest BCUT2D eigenvalue weighted by atomic mass is 10.2. The first-order valence-corrected chi connectivity index (χ1v) is 9.50. The molecule has 2 heterocycles. The van der Waals surface area contributed by atoms with E-state index in [1.807, 2.05) is 32.3 Å². The van der Waals surface area contributed by atoms with Gasteiger partial charge >= 0.3 is 0 Å². The van der Waals surface area contributed by atoms with Crippen molar-refractivity contribution in [3.63, 3.8) is 0 Å². The molecule has 0 aliphatic heterocycles. The van der Waals surface area contributed by atoms with E-state index in [2.05, 4.69) is 15.2 Å². The van der Waals surface area contributed by atoms with Crippen molar-refractivity contribution in [3.05, 3.63) is 65.6 Å². The number of amides is 1. The summed E-state index contributed by atoms with van der Waals surface area (Å²) < 4.78 is 4.98. The fraction of sp³-hybridized carbons (Fsp3) is 0.368. The van der Waals surface area contributed by atoms with Gasteiger partial charge in [-0.25, -0.2) is 0 Å². The molecule has 26 heavy (non-hydrogen) atoms. The van der Waals surface area contributed by atoms with Crippen LogP contribution in [0.15, 0.2) is 53.2 Å². The number of hydrogen-bond acceptors (Lipinski definition) is 6. The first-order chi connectivity index (χ1) is 12.5. The molecule has 0 aliphatic carbocycles. The molecule has 0 radical (unpaired) electrons. The molecule has 0 aliphatic rings. The van der Waals surface area contributed by atoms with Crippen LogP contribution in [0.25, 0.3) is 0 Å². The van der Waals surface area contributed by atoms with Crippen molar-refractivity contribution < 1.29 is 14.3 Å². The van der Waals surface area contributed by atoms with Crippen molar-refractivity contribution in [1.82, 2.24) is 15.2 Å². The molecule has 0 saturated heterocycles. The monoisotopic (exact) mass is 375 g/mol. The number of furan rings is 1. The number of nitrogens with one attached hydrogen (secondary N) is 1. The second-order valence-electron chi connectivity index (χ2n) is 6.19. The van der Waals surface area contributed by atoms with Gasteiger partial charge in [-0.1, -0.05) is 0 Å². The van der Waals surface area contributed by atoms with Crippen molar-refractivity contribution >= 4 is 17.7 Å². The van der Waals surface area contributed by atoms with Crippen LogP contribution in [0.3, 0.4) is 0 Å². The summed E-state index contributed by atoms with van der Waals surface area (Å²) in [6, 6.07) is 5.88. The number of carbonyl (C=O) groups is 1. The predicted octanol–water partition coefficient (Wildman–Crippen LogP) is 2.77. The Labute approximate surface area is 158 Å². The third-order valence-corrected chi connectivity index (χ3v) is 4.48. The van der Waals surface area contributed by atoms with E-state index in [1.165, 1.54) is 17.3 Å². The minimum absolute atomic E-state index is 0.107. The highest BCUT2D eigenvalue weighted by molar-refractivity contribution is 7.99. The molecule has 2 N–H and O–H groups in total. The van der Waals surface area contributed by atoms with E-state index >= 15 is 0 Å². The Morgan fingerprint density at radius 3 is 2.96 bits per heavy atom. The quantitative estimate of drug-likeness (QED) is 0.622. The van der Waals surface area contributed by atoms with Gasteiger partial charge in [0.05, 0.1) is 24.8 Å². The van der Waals surface area contributed by atoms with Gasteiger partial charge < -0.3 is 19.7 Å². The van der Waals surface area contributed by atoms with Crippen LogP contribution in [-0.2, 0) is 23.5 Å². The lowest BCUT2D eigenvalue weighted by Gasteiger charge is -2.10. The van der Waals surface area contributed by atoms with E-state index in [9.17, 15) is 9.90 Å². The van der Waals surface area contributed by atoms with Crippen LogP contribution in [0.4, 0.5) is 0 Å². The van der Waals surface area contributed by atoms with Crippen molar-refractivity contribution in [2.24, 2.45) is 0 Å². The largest absolute Gasteiger partial charge is 0.511 e. The lowest BCUT2D eigenvalue weighted by Crippen LogP contribution is -2.27. The van der Waals surface area contributed by atoms with Gasteiger partial charge in [-0.2, -0.15) is 0 Å². The zero-order chi connectivity index (χ0) is 18.8. The van der Waals surface area contributed by atoms with Gasteiger partial charge in [-0.3, -0.25) is 9.78 Å². The average molecular weight is 375 g/mol. The normalized spacial score (nSPS) is 11.7. The Morgan fingerprint density at radius 2 is 2.23 bits per heavy atom. The molecule has 2 aromatic heterocycles. The van der Waals surface area contributed by atoms with Crippen LogP contribution in [0.5, 0.6) is 0 Å². The Bertz CT molecular complexity index is 715. The Balaban J connectivity index is 1.69. The summed E-state index contributed by atoms with van der Waals surface area (Å²) >= 11 is 1.50. The number of aliphatic hydroxyl groups is 1. The van der Waals surface area contributed by atoms with Gasteiger partial charge in [0.15, 0.2) is 0 Å². The number of pyridine rings is 1. The molecule has 0 spiro atoms. The second kappa shape index (κ2) is 10.7. The number of hydrogen-bond donors (Lipinski definition) is 2. The summed E-state index contributed by atoms with van der Waals surface area (Å²) in [7, 11) is 4.03. The minimum atomic E-state index is -0.107. The molecule has 7 heteroatoms. The summed E-state index contributed by atoms with van der Waals surface area (Å²) in [5.74, 6) is 1.09. The number of nitrogens with zero attached hydrogens (tertiary/aromatic N) is 2. The number of aromatic nitrogens is 1. The maximum Gasteiger partial charge on any atom is 0.230 e. The van der Waals surface area contributed by atoms with Crippen molar-refractivity contribution in [1.29, 1.82) is 0 Å². The molecule has 6 nitrogen and oxygen atoms in total. The maximum absolute atomic E-state index is 11.8. The van der Waals surface area contributed by atoms with E-state index in [4.69, 9.17) is 4.42 Å². The molecule has 0 bridgehead atoms. The summed E-state index contributed by atoms with van der Waals surface area (Å²) in [5.41, 5.74) is 3.11. The predicted molar refractivity (Wildman–Crippen MR) is 104 cm³/mol. The van der Waals surface area contributed by atoms with Gasteiger partial charge in [0, 0.05) is 36.2 Å². The molecule has 2 rings (SSSR count). The van der Waals surface area contributed by atoms with Gasteiger partial charge in [0.25, 0.3) is 0 Å². The molecular weight excluding hydrogens is 350 g/mol. The lowest BCUT2D eigenvalue weighted by molar-refractivity contribution is -0.118. The van der Waals surface area contributed by atoms with Crippen LogP contribution in [0.1, 0.15) is 16.8 Å². The summed E-state index contributed by atoms with van der Waals surface area (Å²) in [5, 5.41) is 12.6. The van der Waals surface area contributed by atoms with Gasteiger partial charge in [0.2, 0.25) is 5.91 Å². The number of rotatable bonds is 10. The van der Waals surface area contributed by atoms with E-state index in [-0.39, 0.29) is 18.2 Å². The number of aliphatic hydroxyl groups excluding tert-OH is 1. The number of allylic oxidation sites excluding steroid dienone is 1. The number of carbonyl (C=O) groups excluding carboxylic acids is 1. The van der Waals surface area contributed by atoms with Crippen molar-refractivity contribution in [3.8, 4) is 0 Å². The van der Waals surface area contributed by atoms with Crippen LogP contribution in [-0.4, -0.2) is 47.3 Å². The molecule has 2 aromatic rings. The highest BCUT2D eigenvalue weighted by Gasteiger charge is 2.04. The van der Waals surface area contributed by atoms with E-state index in [0.717, 1.165) is 23.6 Å². The summed E-state index contributed by atoms with van der Waals surface area (Å²) in [6.45, 7) is 0.972. The van der Waals surface area contributed by atoms with Gasteiger partial charge in [-0.15, -0.1) is 11.8 Å². The van der Waals surface area contributed by atoms with Gasteiger partial charge in [-0.05, 0) is 43.9 Å². The van der Waals surface area contributed by atoms with E-state index < -0.39 is 0 Å². The highest BCUT2D eigenvalue weighted by atomic mass is 32.2. The highest BCUT2D eigenvalue weighted by Crippen LogP contribution is 2.11. The molecule has 0 aromatic carbocycles. The fourth-order valence-electron chi connectivity index (χ4n) is 2.27. The second-order valence-corrected chi connectivity index (χ2v) is 7.18. The minimum Gasteiger partial charge on any atom is -0.511 e. The zero-order valence-corrected chi connectivity index (χ0v) is 16.0. The summed E-state index contributed by atoms with van der Waals surface area (Å²) in [6.07, 6.45) is 7.27.